The molecule has 3 aromatic rings. The topological polar surface area (TPSA) is 71.5 Å². The summed E-state index contributed by atoms with van der Waals surface area (Å²) in [5.74, 6) is -0.154. The normalized spacial score (nSPS) is 12.6. The highest BCUT2D eigenvalue weighted by molar-refractivity contribution is 7.99. The molecule has 146 valence electrons. The number of ether oxygens (including phenoxy) is 1. The third-order valence-corrected chi connectivity index (χ3v) is 5.67. The Labute approximate surface area is 176 Å². The first kappa shape index (κ1) is 19.3. The third kappa shape index (κ3) is 3.92. The van der Waals surface area contributed by atoms with Crippen molar-refractivity contribution in [2.75, 3.05) is 23.9 Å². The standard InChI is InChI=1S/C21H16ClN3O3S/c1-28-17-9-8-13(22)11-15(17)24-19(26)12-25-16-6-4-10-23-20(16)29-18-7-3-2-5-14(18)21(25)27/h2-11H,12H2,1H3,(H,24,26). The van der Waals surface area contributed by atoms with E-state index >= 15 is 0 Å². The van der Waals surface area contributed by atoms with Crippen molar-refractivity contribution in [3.8, 4) is 5.75 Å². The van der Waals surface area contributed by atoms with Crippen molar-refractivity contribution >= 4 is 46.6 Å². The van der Waals surface area contributed by atoms with Gasteiger partial charge in [0.1, 0.15) is 17.3 Å². The van der Waals surface area contributed by atoms with Crippen molar-refractivity contribution in [3.05, 3.63) is 71.4 Å². The second kappa shape index (κ2) is 8.14. The molecule has 0 radical (unpaired) electrons. The van der Waals surface area contributed by atoms with E-state index in [1.54, 1.807) is 48.7 Å². The fraction of sp³-hybridized carbons (Fsp3) is 0.0952. The number of nitrogens with zero attached hydrogens (tertiary/aromatic N) is 2. The monoisotopic (exact) mass is 425 g/mol. The largest absolute Gasteiger partial charge is 0.495 e. The summed E-state index contributed by atoms with van der Waals surface area (Å²) in [5.41, 5.74) is 1.56. The van der Waals surface area contributed by atoms with Crippen LogP contribution in [0.2, 0.25) is 5.02 Å². The second-order valence-corrected chi connectivity index (χ2v) is 7.68. The van der Waals surface area contributed by atoms with Gasteiger partial charge in [0, 0.05) is 16.1 Å². The van der Waals surface area contributed by atoms with E-state index in [4.69, 9.17) is 16.3 Å². The summed E-state index contributed by atoms with van der Waals surface area (Å²) in [6.07, 6.45) is 1.67. The van der Waals surface area contributed by atoms with E-state index in [0.29, 0.717) is 32.7 Å². The van der Waals surface area contributed by atoms with Gasteiger partial charge in [-0.2, -0.15) is 0 Å². The zero-order valence-electron chi connectivity index (χ0n) is 15.4. The molecule has 1 aliphatic rings. The summed E-state index contributed by atoms with van der Waals surface area (Å²) in [4.78, 5) is 32.7. The van der Waals surface area contributed by atoms with Crippen LogP contribution < -0.4 is 15.0 Å². The molecule has 0 saturated carbocycles. The van der Waals surface area contributed by atoms with Gasteiger partial charge in [-0.15, -0.1) is 0 Å². The smallest absolute Gasteiger partial charge is 0.259 e. The third-order valence-electron chi connectivity index (χ3n) is 4.35. The van der Waals surface area contributed by atoms with Gasteiger partial charge in [-0.3, -0.25) is 14.5 Å². The average molecular weight is 426 g/mol. The average Bonchev–Trinajstić information content (AvgIpc) is 2.83. The van der Waals surface area contributed by atoms with Gasteiger partial charge in [0.2, 0.25) is 5.91 Å². The Morgan fingerprint density at radius 3 is 2.86 bits per heavy atom. The number of halogens is 1. The molecule has 0 saturated heterocycles. The quantitative estimate of drug-likeness (QED) is 0.666. The van der Waals surface area contributed by atoms with Gasteiger partial charge in [0.15, 0.2) is 0 Å². The minimum absolute atomic E-state index is 0.178. The zero-order chi connectivity index (χ0) is 20.4. The number of benzene rings is 2. The van der Waals surface area contributed by atoms with Crippen molar-refractivity contribution in [1.82, 2.24) is 4.98 Å². The number of pyridine rings is 1. The van der Waals surface area contributed by atoms with E-state index < -0.39 is 0 Å². The first-order chi connectivity index (χ1) is 14.1. The summed E-state index contributed by atoms with van der Waals surface area (Å²) >= 11 is 7.44. The van der Waals surface area contributed by atoms with Crippen LogP contribution in [0.5, 0.6) is 5.75 Å². The Morgan fingerprint density at radius 2 is 2.03 bits per heavy atom. The van der Waals surface area contributed by atoms with Crippen molar-refractivity contribution in [3.63, 3.8) is 0 Å². The molecule has 2 amide bonds. The number of methoxy groups -OCH3 is 1. The molecule has 1 aliphatic heterocycles. The molecule has 0 bridgehead atoms. The molecular formula is C21H16ClN3O3S. The maximum atomic E-state index is 13.2. The molecule has 6 nitrogen and oxygen atoms in total. The summed E-state index contributed by atoms with van der Waals surface area (Å²) < 4.78 is 5.27. The van der Waals surface area contributed by atoms with E-state index in [9.17, 15) is 9.59 Å². The highest BCUT2D eigenvalue weighted by Crippen LogP contribution is 2.39. The lowest BCUT2D eigenvalue weighted by molar-refractivity contribution is -0.114. The number of amides is 2. The fourth-order valence-corrected chi connectivity index (χ4v) is 4.21. The Balaban J connectivity index is 1.66. The number of hydrogen-bond donors (Lipinski definition) is 1. The number of carbonyl (C=O) groups excluding carboxylic acids is 2. The molecule has 8 heteroatoms. The minimum Gasteiger partial charge on any atom is -0.495 e. The van der Waals surface area contributed by atoms with Crippen LogP contribution in [0.1, 0.15) is 10.4 Å². The van der Waals surface area contributed by atoms with E-state index in [-0.39, 0.29) is 18.4 Å². The highest BCUT2D eigenvalue weighted by atomic mass is 35.5. The summed E-state index contributed by atoms with van der Waals surface area (Å²) in [6, 6.07) is 15.8. The number of fused-ring (bicyclic) bond motifs is 2. The second-order valence-electron chi connectivity index (χ2n) is 6.21. The van der Waals surface area contributed by atoms with Gasteiger partial charge >= 0.3 is 0 Å². The van der Waals surface area contributed by atoms with Crippen LogP contribution in [-0.4, -0.2) is 30.5 Å². The molecule has 2 heterocycles. The van der Waals surface area contributed by atoms with Crippen LogP contribution in [0, 0.1) is 0 Å². The Kier molecular flexibility index (Phi) is 5.42. The molecule has 29 heavy (non-hydrogen) atoms. The number of carbonyl (C=O) groups is 2. The molecule has 0 fully saturated rings. The maximum absolute atomic E-state index is 13.2. The number of nitrogens with one attached hydrogen (secondary N) is 1. The zero-order valence-corrected chi connectivity index (χ0v) is 17.0. The molecule has 0 unspecified atom stereocenters. The lowest BCUT2D eigenvalue weighted by Gasteiger charge is -2.22. The molecule has 1 N–H and O–H groups in total. The Morgan fingerprint density at radius 1 is 1.21 bits per heavy atom. The Bertz CT molecular complexity index is 1110. The van der Waals surface area contributed by atoms with Crippen molar-refractivity contribution in [2.24, 2.45) is 0 Å². The van der Waals surface area contributed by atoms with E-state index in [1.165, 1.54) is 23.8 Å². The van der Waals surface area contributed by atoms with Crippen molar-refractivity contribution in [2.45, 2.75) is 9.92 Å². The SMILES string of the molecule is COc1ccc(Cl)cc1NC(=O)CN1C(=O)c2ccccc2Sc2ncccc21. The van der Waals surface area contributed by atoms with Gasteiger partial charge in [0.25, 0.3) is 5.91 Å². The van der Waals surface area contributed by atoms with Gasteiger partial charge in [0.05, 0.1) is 24.0 Å². The lowest BCUT2D eigenvalue weighted by atomic mass is 10.2. The molecule has 0 spiro atoms. The van der Waals surface area contributed by atoms with Gasteiger partial charge in [-0.25, -0.2) is 4.98 Å². The van der Waals surface area contributed by atoms with E-state index in [0.717, 1.165) is 4.90 Å². The van der Waals surface area contributed by atoms with Crippen LogP contribution in [0.15, 0.2) is 70.7 Å². The van der Waals surface area contributed by atoms with Crippen LogP contribution in [0.4, 0.5) is 11.4 Å². The summed E-state index contributed by atoms with van der Waals surface area (Å²) in [7, 11) is 1.51. The van der Waals surface area contributed by atoms with Crippen LogP contribution >= 0.6 is 23.4 Å². The molecule has 2 aromatic carbocycles. The van der Waals surface area contributed by atoms with Gasteiger partial charge in [-0.1, -0.05) is 35.5 Å². The van der Waals surface area contributed by atoms with E-state index in [1.807, 2.05) is 12.1 Å². The van der Waals surface area contributed by atoms with Crippen molar-refractivity contribution < 1.29 is 14.3 Å². The number of anilines is 2. The number of aromatic nitrogens is 1. The fourth-order valence-electron chi connectivity index (χ4n) is 3.03. The van der Waals surface area contributed by atoms with Gasteiger partial charge in [-0.05, 0) is 42.5 Å². The summed E-state index contributed by atoms with van der Waals surface area (Å²) in [5, 5.41) is 3.91. The summed E-state index contributed by atoms with van der Waals surface area (Å²) in [6.45, 7) is -0.178. The highest BCUT2D eigenvalue weighted by Gasteiger charge is 2.29. The first-order valence-corrected chi connectivity index (χ1v) is 9.93. The molecule has 0 aliphatic carbocycles. The van der Waals surface area contributed by atoms with Crippen molar-refractivity contribution in [1.29, 1.82) is 0 Å². The molecular weight excluding hydrogens is 410 g/mol. The predicted molar refractivity (Wildman–Crippen MR) is 113 cm³/mol. The molecule has 1 aromatic heterocycles. The van der Waals surface area contributed by atoms with Crippen LogP contribution in [0.25, 0.3) is 0 Å². The Hall–Kier alpha value is -3.03. The maximum Gasteiger partial charge on any atom is 0.259 e. The van der Waals surface area contributed by atoms with Gasteiger partial charge < -0.3 is 10.1 Å². The number of rotatable bonds is 4. The number of hydrogen-bond acceptors (Lipinski definition) is 5. The lowest BCUT2D eigenvalue weighted by Crippen LogP contribution is -2.38. The molecule has 4 rings (SSSR count). The predicted octanol–water partition coefficient (Wildman–Crippen LogP) is 4.49. The first-order valence-electron chi connectivity index (χ1n) is 8.74. The minimum atomic E-state index is -0.377. The molecule has 0 atom stereocenters. The van der Waals surface area contributed by atoms with E-state index in [2.05, 4.69) is 10.3 Å². The van der Waals surface area contributed by atoms with Crippen LogP contribution in [0.3, 0.4) is 0 Å². The van der Waals surface area contributed by atoms with Crippen LogP contribution in [-0.2, 0) is 4.79 Å².